The van der Waals surface area contributed by atoms with Crippen LogP contribution in [0.1, 0.15) is 72.5 Å². The molecule has 3 fully saturated rings. The molecule has 15 heteroatoms. The van der Waals surface area contributed by atoms with Gasteiger partial charge in [-0.25, -0.2) is 18.2 Å². The molecule has 250 valence electrons. The van der Waals surface area contributed by atoms with E-state index in [0.29, 0.717) is 27.7 Å². The molecule has 0 radical (unpaired) electrons. The molecule has 1 N–H and O–H groups in total. The molecular formula is C30H41F3N4O7S. The first-order chi connectivity index (χ1) is 21.2. The number of aromatic nitrogens is 1. The zero-order chi connectivity index (χ0) is 32.9. The predicted molar refractivity (Wildman–Crippen MR) is 157 cm³/mol. The largest absolute Gasteiger partial charge is 0.497 e. The lowest BCUT2D eigenvalue weighted by Crippen LogP contribution is -2.39. The Hall–Kier alpha value is -3.17. The summed E-state index contributed by atoms with van der Waals surface area (Å²) in [5.74, 6) is -1.36. The van der Waals surface area contributed by atoms with Crippen LogP contribution in [0.25, 0.3) is 0 Å². The van der Waals surface area contributed by atoms with E-state index in [1.54, 1.807) is 33.1 Å². The van der Waals surface area contributed by atoms with Crippen molar-refractivity contribution in [3.8, 4) is 5.75 Å². The van der Waals surface area contributed by atoms with Crippen LogP contribution >= 0.6 is 0 Å². The average molecular weight is 659 g/mol. The average Bonchev–Trinajstić information content (AvgIpc) is 3.46. The highest BCUT2D eigenvalue weighted by molar-refractivity contribution is 7.89. The van der Waals surface area contributed by atoms with E-state index in [9.17, 15) is 26.4 Å². The molecule has 1 saturated carbocycles. The van der Waals surface area contributed by atoms with Crippen LogP contribution in [0, 0.1) is 19.8 Å². The van der Waals surface area contributed by atoms with Crippen LogP contribution in [0.2, 0.25) is 0 Å². The highest BCUT2D eigenvalue weighted by Gasteiger charge is 2.41. The Morgan fingerprint density at radius 3 is 2.16 bits per heavy atom. The number of carboxylic acids is 1. The number of piperidine rings is 1. The lowest BCUT2D eigenvalue weighted by molar-refractivity contribution is -0.192. The van der Waals surface area contributed by atoms with Crippen molar-refractivity contribution in [1.82, 2.24) is 19.1 Å². The first-order valence-corrected chi connectivity index (χ1v) is 16.6. The Labute approximate surface area is 261 Å². The van der Waals surface area contributed by atoms with Crippen LogP contribution in [0.5, 0.6) is 5.75 Å². The van der Waals surface area contributed by atoms with E-state index in [2.05, 4.69) is 9.88 Å². The van der Waals surface area contributed by atoms with Gasteiger partial charge in [-0.1, -0.05) is 0 Å². The molecule has 1 aliphatic carbocycles. The summed E-state index contributed by atoms with van der Waals surface area (Å²) in [6.45, 7) is 8.64. The minimum Gasteiger partial charge on any atom is -0.497 e. The lowest BCUT2D eigenvalue weighted by Gasteiger charge is -2.32. The van der Waals surface area contributed by atoms with Crippen molar-refractivity contribution in [2.45, 2.75) is 82.5 Å². The van der Waals surface area contributed by atoms with Gasteiger partial charge in [0.1, 0.15) is 12.0 Å². The lowest BCUT2D eigenvalue weighted by atomic mass is 9.93. The van der Waals surface area contributed by atoms with E-state index < -0.39 is 22.2 Å². The minimum atomic E-state index is -5.08. The molecule has 2 aliphatic heterocycles. The molecule has 1 amide bonds. The van der Waals surface area contributed by atoms with Crippen molar-refractivity contribution >= 4 is 21.9 Å². The topological polar surface area (TPSA) is 133 Å². The number of sulfonamides is 1. The third-order valence-electron chi connectivity index (χ3n) is 8.45. The van der Waals surface area contributed by atoms with Gasteiger partial charge >= 0.3 is 12.1 Å². The maximum atomic E-state index is 13.8. The second-order valence-corrected chi connectivity index (χ2v) is 13.7. The van der Waals surface area contributed by atoms with Gasteiger partial charge in [0.05, 0.1) is 18.6 Å². The van der Waals surface area contributed by atoms with Crippen molar-refractivity contribution in [3.63, 3.8) is 0 Å². The molecule has 11 nitrogen and oxygen atoms in total. The summed E-state index contributed by atoms with van der Waals surface area (Å²) in [7, 11) is -2.23. The van der Waals surface area contributed by atoms with Gasteiger partial charge in [-0.3, -0.25) is 4.79 Å². The number of benzene rings is 1. The molecular weight excluding hydrogens is 617 g/mol. The Balaban J connectivity index is 0.000000591. The fraction of sp³-hybridized carbons (Fsp3) is 0.633. The molecule has 1 aromatic heterocycles. The molecule has 0 atom stereocenters. The molecule has 45 heavy (non-hydrogen) atoms. The minimum absolute atomic E-state index is 0.00373. The number of aryl methyl sites for hydroxylation is 2. The number of carboxylic acid groups (broad SMARTS) is 1. The van der Waals surface area contributed by atoms with Crippen LogP contribution in [0.15, 0.2) is 27.7 Å². The zero-order valence-corrected chi connectivity index (χ0v) is 26.6. The molecule has 5 rings (SSSR count). The number of methoxy groups -OCH3 is 1. The Morgan fingerprint density at radius 2 is 1.64 bits per heavy atom. The predicted octanol–water partition coefficient (Wildman–Crippen LogP) is 4.62. The number of oxazole rings is 1. The van der Waals surface area contributed by atoms with Crippen LogP contribution in [0.4, 0.5) is 13.2 Å². The fourth-order valence-corrected chi connectivity index (χ4v) is 7.95. The number of amides is 1. The molecule has 3 aliphatic rings. The molecule has 2 aromatic rings. The number of likely N-dealkylation sites (tertiary alicyclic amines) is 2. The maximum Gasteiger partial charge on any atom is 0.490 e. The Bertz CT molecular complexity index is 1420. The SMILES string of the molecule is COc1cc(C)c(S(=O)(=O)N(Cc2nc(C(=O)N3CCC(CCN4CCCC4)CC3)co2)C2CC2)c(C)c1.O=C(O)C(F)(F)F. The number of ether oxygens (including phenoxy) is 1. The number of halogens is 3. The normalized spacial score (nSPS) is 18.2. The summed E-state index contributed by atoms with van der Waals surface area (Å²) in [6, 6.07) is 3.39. The maximum absolute atomic E-state index is 13.8. The number of rotatable bonds is 10. The van der Waals surface area contributed by atoms with Crippen LogP contribution in [0.3, 0.4) is 0 Å². The summed E-state index contributed by atoms with van der Waals surface area (Å²) in [4.78, 5) is 31.2. The van der Waals surface area contributed by atoms with E-state index in [1.807, 2.05) is 4.90 Å². The molecule has 3 heterocycles. The first kappa shape index (κ1) is 34.7. The smallest absolute Gasteiger partial charge is 0.490 e. The fourth-order valence-electron chi connectivity index (χ4n) is 5.90. The second-order valence-electron chi connectivity index (χ2n) is 11.9. The van der Waals surface area contributed by atoms with Gasteiger partial charge in [0.15, 0.2) is 5.69 Å². The molecule has 2 saturated heterocycles. The molecule has 1 aromatic carbocycles. The van der Waals surface area contributed by atoms with Gasteiger partial charge < -0.3 is 24.1 Å². The molecule has 0 spiro atoms. The number of carbonyl (C=O) groups excluding carboxylic acids is 1. The van der Waals surface area contributed by atoms with Crippen LogP contribution in [-0.4, -0.2) is 96.5 Å². The summed E-state index contributed by atoms with van der Waals surface area (Å²) < 4.78 is 71.7. The van der Waals surface area contributed by atoms with Crippen molar-refractivity contribution < 1.29 is 45.4 Å². The monoisotopic (exact) mass is 658 g/mol. The van der Waals surface area contributed by atoms with Gasteiger partial charge in [0.2, 0.25) is 15.9 Å². The van der Waals surface area contributed by atoms with Gasteiger partial charge in [0.25, 0.3) is 5.91 Å². The second kappa shape index (κ2) is 14.5. The zero-order valence-electron chi connectivity index (χ0n) is 25.8. The van der Waals surface area contributed by atoms with Crippen molar-refractivity contribution in [3.05, 3.63) is 41.1 Å². The quantitative estimate of drug-likeness (QED) is 0.388. The van der Waals surface area contributed by atoms with E-state index in [4.69, 9.17) is 19.1 Å². The summed E-state index contributed by atoms with van der Waals surface area (Å²) in [5, 5.41) is 7.12. The van der Waals surface area contributed by atoms with Gasteiger partial charge in [-0.15, -0.1) is 0 Å². The number of nitrogens with zero attached hydrogens (tertiary/aromatic N) is 4. The number of aliphatic carboxylic acids is 1. The molecule has 0 bridgehead atoms. The third-order valence-corrected chi connectivity index (χ3v) is 10.7. The van der Waals surface area contributed by atoms with Gasteiger partial charge in [-0.05, 0) is 108 Å². The Kier molecular flexibility index (Phi) is 11.2. The third kappa shape index (κ3) is 8.97. The number of carbonyl (C=O) groups is 2. The van der Waals surface area contributed by atoms with E-state index >= 15 is 0 Å². The van der Waals surface area contributed by atoms with Gasteiger partial charge in [0, 0.05) is 19.1 Å². The number of hydrogen-bond donors (Lipinski definition) is 1. The summed E-state index contributed by atoms with van der Waals surface area (Å²) in [5.41, 5.74) is 1.53. The summed E-state index contributed by atoms with van der Waals surface area (Å²) >= 11 is 0. The van der Waals surface area contributed by atoms with E-state index in [1.165, 1.54) is 49.5 Å². The van der Waals surface area contributed by atoms with Crippen LogP contribution < -0.4 is 4.74 Å². The standard InChI is InChI=1S/C28H40N4O5S.C2HF3O2/c1-20-16-24(36-3)17-21(2)27(20)38(34,35)32(23-6-7-23)18-26-29-25(19-37-26)28(33)31-14-9-22(10-15-31)8-13-30-11-4-5-12-30;3-2(4,5)1(6)7/h16-17,19,22-23H,4-15,18H2,1-3H3;(H,6,7). The molecule has 0 unspecified atom stereocenters. The summed E-state index contributed by atoms with van der Waals surface area (Å²) in [6.07, 6.45) is 3.75. The number of hydrogen-bond acceptors (Lipinski definition) is 8. The van der Waals surface area contributed by atoms with Gasteiger partial charge in [-0.2, -0.15) is 17.5 Å². The number of alkyl halides is 3. The Morgan fingerprint density at radius 1 is 1.07 bits per heavy atom. The van der Waals surface area contributed by atoms with Crippen molar-refractivity contribution in [2.24, 2.45) is 5.92 Å². The van der Waals surface area contributed by atoms with E-state index in [0.717, 1.165) is 38.8 Å². The van der Waals surface area contributed by atoms with Crippen molar-refractivity contribution in [2.75, 3.05) is 39.8 Å². The highest BCUT2D eigenvalue weighted by Crippen LogP contribution is 2.36. The highest BCUT2D eigenvalue weighted by atomic mass is 32.2. The van der Waals surface area contributed by atoms with Crippen molar-refractivity contribution in [1.29, 1.82) is 0 Å². The van der Waals surface area contributed by atoms with Crippen LogP contribution in [-0.2, 0) is 21.4 Å². The van der Waals surface area contributed by atoms with E-state index in [-0.39, 0.29) is 30.1 Å². The first-order valence-electron chi connectivity index (χ1n) is 15.1.